The van der Waals surface area contributed by atoms with Crippen LogP contribution in [0.5, 0.6) is 5.75 Å². The fraction of sp³-hybridized carbons (Fsp3) is 0.176. The molecule has 24 heavy (non-hydrogen) atoms. The van der Waals surface area contributed by atoms with Gasteiger partial charge in [0.25, 0.3) is 0 Å². The molecule has 0 bridgehead atoms. The molecule has 0 fully saturated rings. The van der Waals surface area contributed by atoms with Crippen LogP contribution < -0.4 is 21.5 Å². The van der Waals surface area contributed by atoms with Crippen LogP contribution in [0.25, 0.3) is 10.8 Å². The highest BCUT2D eigenvalue weighted by Crippen LogP contribution is 2.24. The van der Waals surface area contributed by atoms with Gasteiger partial charge in [-0.05, 0) is 29.3 Å². The van der Waals surface area contributed by atoms with Gasteiger partial charge in [0.15, 0.2) is 11.0 Å². The summed E-state index contributed by atoms with van der Waals surface area (Å²) in [5.74, 6) is 1.38. The Morgan fingerprint density at radius 3 is 2.67 bits per heavy atom. The van der Waals surface area contributed by atoms with Crippen molar-refractivity contribution in [1.29, 1.82) is 0 Å². The highest BCUT2D eigenvalue weighted by molar-refractivity contribution is 6.32. The maximum atomic E-state index is 5.87. The van der Waals surface area contributed by atoms with Crippen molar-refractivity contribution in [2.45, 2.75) is 6.42 Å². The van der Waals surface area contributed by atoms with Gasteiger partial charge < -0.3 is 21.5 Å². The van der Waals surface area contributed by atoms with Gasteiger partial charge in [0.2, 0.25) is 5.95 Å². The third-order valence-electron chi connectivity index (χ3n) is 3.52. The second-order valence-corrected chi connectivity index (χ2v) is 5.63. The zero-order chi connectivity index (χ0) is 16.9. The Morgan fingerprint density at radius 1 is 1.04 bits per heavy atom. The van der Waals surface area contributed by atoms with Gasteiger partial charge in [-0.25, -0.2) is 0 Å². The van der Waals surface area contributed by atoms with Crippen molar-refractivity contribution in [3.63, 3.8) is 0 Å². The fourth-order valence-electron chi connectivity index (χ4n) is 2.32. The van der Waals surface area contributed by atoms with Gasteiger partial charge in [-0.1, -0.05) is 41.9 Å². The van der Waals surface area contributed by atoms with E-state index in [1.807, 2.05) is 24.3 Å². The molecule has 5 N–H and O–H groups in total. The number of nitrogens with one attached hydrogen (secondary N) is 1. The number of hydrogen-bond donors (Lipinski definition) is 3. The van der Waals surface area contributed by atoms with Gasteiger partial charge in [-0.3, -0.25) is 0 Å². The molecule has 0 atom stereocenters. The number of ether oxygens (including phenoxy) is 1. The predicted molar refractivity (Wildman–Crippen MR) is 98.4 cm³/mol. The van der Waals surface area contributed by atoms with Gasteiger partial charge in [0, 0.05) is 6.54 Å². The first-order valence-corrected chi connectivity index (χ1v) is 7.95. The Hall–Kier alpha value is -2.73. The third-order valence-corrected chi connectivity index (χ3v) is 3.81. The van der Waals surface area contributed by atoms with E-state index in [4.69, 9.17) is 27.8 Å². The van der Waals surface area contributed by atoms with Crippen LogP contribution >= 0.6 is 11.6 Å². The molecule has 0 saturated heterocycles. The lowest BCUT2D eigenvalue weighted by Crippen LogP contribution is -2.11. The van der Waals surface area contributed by atoms with Crippen LogP contribution in [-0.2, 0) is 0 Å². The molecule has 0 amide bonds. The molecular formula is C17H18ClN5O. The lowest BCUT2D eigenvalue weighted by molar-refractivity contribution is 0.315. The van der Waals surface area contributed by atoms with Crippen LogP contribution in [0, 0.1) is 0 Å². The summed E-state index contributed by atoms with van der Waals surface area (Å²) >= 11 is 5.87. The van der Waals surface area contributed by atoms with E-state index >= 15 is 0 Å². The van der Waals surface area contributed by atoms with Crippen molar-refractivity contribution in [2.75, 3.05) is 29.9 Å². The largest absolute Gasteiger partial charge is 0.494 e. The van der Waals surface area contributed by atoms with Crippen molar-refractivity contribution in [1.82, 2.24) is 9.97 Å². The molecular weight excluding hydrogens is 326 g/mol. The highest BCUT2D eigenvalue weighted by atomic mass is 35.5. The average molecular weight is 344 g/mol. The molecule has 0 aliphatic heterocycles. The molecule has 3 aromatic rings. The number of nitrogens with zero attached hydrogens (tertiary/aromatic N) is 2. The Balaban J connectivity index is 1.50. The number of fused-ring (bicyclic) bond motifs is 1. The van der Waals surface area contributed by atoms with E-state index in [0.29, 0.717) is 24.7 Å². The topological polar surface area (TPSA) is 99.1 Å². The smallest absolute Gasteiger partial charge is 0.223 e. The van der Waals surface area contributed by atoms with Crippen molar-refractivity contribution >= 4 is 39.8 Å². The zero-order valence-electron chi connectivity index (χ0n) is 13.0. The second-order valence-electron chi connectivity index (χ2n) is 5.27. The average Bonchev–Trinajstić information content (AvgIpc) is 2.58. The maximum absolute atomic E-state index is 5.87. The number of nitrogens with two attached hydrogens (primary N) is 2. The molecule has 6 nitrogen and oxygen atoms in total. The fourth-order valence-corrected chi connectivity index (χ4v) is 2.50. The number of benzene rings is 2. The summed E-state index contributed by atoms with van der Waals surface area (Å²) in [6.07, 6.45) is 0.772. The molecule has 124 valence electrons. The van der Waals surface area contributed by atoms with Crippen molar-refractivity contribution in [2.24, 2.45) is 0 Å². The van der Waals surface area contributed by atoms with Gasteiger partial charge in [0.1, 0.15) is 11.4 Å². The molecule has 0 aliphatic carbocycles. The van der Waals surface area contributed by atoms with Crippen molar-refractivity contribution in [3.05, 3.63) is 47.6 Å². The number of aromatic nitrogens is 2. The van der Waals surface area contributed by atoms with E-state index in [-0.39, 0.29) is 11.1 Å². The minimum atomic E-state index is 0.0871. The Bertz CT molecular complexity index is 856. The lowest BCUT2D eigenvalue weighted by atomic mass is 10.1. The molecule has 7 heteroatoms. The number of anilines is 3. The minimum absolute atomic E-state index is 0.0871. The third kappa shape index (κ3) is 3.78. The Labute approximate surface area is 144 Å². The quantitative estimate of drug-likeness (QED) is 0.469. The summed E-state index contributed by atoms with van der Waals surface area (Å²) in [5, 5.41) is 5.59. The van der Waals surface area contributed by atoms with Gasteiger partial charge in [0.05, 0.1) is 6.61 Å². The van der Waals surface area contributed by atoms with Crippen LogP contribution in [0.4, 0.5) is 17.5 Å². The van der Waals surface area contributed by atoms with Crippen LogP contribution in [0.3, 0.4) is 0 Å². The minimum Gasteiger partial charge on any atom is -0.494 e. The van der Waals surface area contributed by atoms with Crippen LogP contribution in [-0.4, -0.2) is 23.1 Å². The van der Waals surface area contributed by atoms with Crippen LogP contribution in [0.1, 0.15) is 6.42 Å². The number of hydrogen-bond acceptors (Lipinski definition) is 6. The molecule has 0 radical (unpaired) electrons. The van der Waals surface area contributed by atoms with Crippen LogP contribution in [0.15, 0.2) is 42.5 Å². The monoisotopic (exact) mass is 343 g/mol. The standard InChI is InChI=1S/C17H18ClN5O/c18-15-14(19)16(23-17(20)22-15)21-8-3-9-24-13-7-6-11-4-1-2-5-12(11)10-13/h1-2,4-7,10H,3,8-9,19H2,(H3,20,21,22,23). The molecule has 1 aromatic heterocycles. The molecule has 0 aliphatic rings. The van der Waals surface area contributed by atoms with Crippen molar-refractivity contribution in [3.8, 4) is 5.75 Å². The number of nitrogen functional groups attached to an aromatic ring is 2. The van der Waals surface area contributed by atoms with Gasteiger partial charge in [-0.15, -0.1) is 0 Å². The van der Waals surface area contributed by atoms with Gasteiger partial charge >= 0.3 is 0 Å². The number of halogens is 1. The number of rotatable bonds is 6. The Kier molecular flexibility index (Phi) is 4.86. The summed E-state index contributed by atoms with van der Waals surface area (Å²) in [4.78, 5) is 7.81. The van der Waals surface area contributed by atoms with E-state index in [0.717, 1.165) is 17.6 Å². The van der Waals surface area contributed by atoms with E-state index in [1.54, 1.807) is 0 Å². The summed E-state index contributed by atoms with van der Waals surface area (Å²) in [5.41, 5.74) is 11.6. The summed E-state index contributed by atoms with van der Waals surface area (Å²) < 4.78 is 5.77. The molecule has 0 saturated carbocycles. The van der Waals surface area contributed by atoms with Crippen LogP contribution in [0.2, 0.25) is 5.15 Å². The van der Waals surface area contributed by atoms with Gasteiger partial charge in [-0.2, -0.15) is 9.97 Å². The molecule has 1 heterocycles. The van der Waals surface area contributed by atoms with E-state index < -0.39 is 0 Å². The first-order chi connectivity index (χ1) is 11.6. The first-order valence-electron chi connectivity index (χ1n) is 7.57. The summed E-state index contributed by atoms with van der Waals surface area (Å²) in [6.45, 7) is 1.20. The maximum Gasteiger partial charge on any atom is 0.223 e. The summed E-state index contributed by atoms with van der Waals surface area (Å²) in [7, 11) is 0. The molecule has 0 spiro atoms. The normalized spacial score (nSPS) is 10.7. The van der Waals surface area contributed by atoms with E-state index in [1.165, 1.54) is 5.39 Å². The second kappa shape index (κ2) is 7.23. The van der Waals surface area contributed by atoms with Crippen molar-refractivity contribution < 1.29 is 4.74 Å². The highest BCUT2D eigenvalue weighted by Gasteiger charge is 2.08. The van der Waals surface area contributed by atoms with E-state index in [9.17, 15) is 0 Å². The predicted octanol–water partition coefficient (Wildman–Crippen LogP) is 3.33. The lowest BCUT2D eigenvalue weighted by Gasteiger charge is -2.10. The zero-order valence-corrected chi connectivity index (χ0v) is 13.8. The molecule has 0 unspecified atom stereocenters. The molecule has 2 aromatic carbocycles. The Morgan fingerprint density at radius 2 is 1.83 bits per heavy atom. The SMILES string of the molecule is Nc1nc(Cl)c(N)c(NCCCOc2ccc3ccccc3c2)n1. The molecule has 3 rings (SSSR count). The summed E-state index contributed by atoms with van der Waals surface area (Å²) in [6, 6.07) is 14.2. The van der Waals surface area contributed by atoms with E-state index in [2.05, 4.69) is 33.5 Å². The first kappa shape index (κ1) is 16.1.